The summed E-state index contributed by atoms with van der Waals surface area (Å²) in [6.45, 7) is 0.849. The molecule has 0 aliphatic carbocycles. The molecule has 24 heavy (non-hydrogen) atoms. The second kappa shape index (κ2) is 7.46. The fourth-order valence-corrected chi connectivity index (χ4v) is 2.65. The molecular weight excluding hydrogens is 298 g/mol. The zero-order valence-electron chi connectivity index (χ0n) is 13.4. The molecule has 122 valence electrons. The number of hydrogen-bond donors (Lipinski definition) is 3. The molecule has 0 saturated carbocycles. The van der Waals surface area contributed by atoms with Gasteiger partial charge >= 0.3 is 0 Å². The lowest BCUT2D eigenvalue weighted by molar-refractivity contribution is 0.857. The van der Waals surface area contributed by atoms with E-state index in [2.05, 4.69) is 27.4 Å². The van der Waals surface area contributed by atoms with Crippen LogP contribution in [0.15, 0.2) is 60.7 Å². The molecule has 0 unspecified atom stereocenters. The van der Waals surface area contributed by atoms with Crippen LogP contribution in [-0.2, 0) is 6.42 Å². The molecule has 0 spiro atoms. The van der Waals surface area contributed by atoms with Crippen LogP contribution in [0.4, 0.5) is 17.5 Å². The number of nitrogens with one attached hydrogen (secondary N) is 1. The maximum Gasteiger partial charge on any atom is 0.222 e. The molecule has 3 aromatic rings. The van der Waals surface area contributed by atoms with E-state index in [1.54, 1.807) is 0 Å². The van der Waals surface area contributed by atoms with Crippen LogP contribution in [0.3, 0.4) is 0 Å². The minimum atomic E-state index is 0.206. The van der Waals surface area contributed by atoms with Gasteiger partial charge in [0.1, 0.15) is 5.82 Å². The average Bonchev–Trinajstić information content (AvgIpc) is 2.61. The highest BCUT2D eigenvalue weighted by atomic mass is 15.0. The molecule has 0 fully saturated rings. The van der Waals surface area contributed by atoms with Crippen molar-refractivity contribution in [2.75, 3.05) is 23.3 Å². The van der Waals surface area contributed by atoms with Crippen LogP contribution in [0.5, 0.6) is 0 Å². The van der Waals surface area contributed by atoms with Gasteiger partial charge in [0.25, 0.3) is 0 Å². The topological polar surface area (TPSA) is 89.8 Å². The molecule has 1 heterocycles. The van der Waals surface area contributed by atoms with E-state index in [-0.39, 0.29) is 5.95 Å². The summed E-state index contributed by atoms with van der Waals surface area (Å²) in [5, 5.41) is 3.40. The van der Waals surface area contributed by atoms with Gasteiger partial charge in [0.05, 0.1) is 5.69 Å². The van der Waals surface area contributed by atoms with Crippen molar-refractivity contribution in [3.63, 3.8) is 0 Å². The Morgan fingerprint density at radius 1 is 0.833 bits per heavy atom. The third-order valence-electron chi connectivity index (χ3n) is 3.81. The van der Waals surface area contributed by atoms with E-state index in [1.165, 1.54) is 0 Å². The first-order valence-corrected chi connectivity index (χ1v) is 8.00. The van der Waals surface area contributed by atoms with Crippen molar-refractivity contribution in [3.8, 4) is 11.3 Å². The maximum atomic E-state index is 6.10. The van der Waals surface area contributed by atoms with Crippen LogP contribution < -0.4 is 16.8 Å². The number of nitrogens with zero attached hydrogens (tertiary/aromatic N) is 2. The Kier molecular flexibility index (Phi) is 4.91. The largest absolute Gasteiger partial charge is 0.385 e. The highest BCUT2D eigenvalue weighted by Crippen LogP contribution is 2.26. The molecular formula is C19H21N5. The highest BCUT2D eigenvalue weighted by Gasteiger charge is 2.12. The van der Waals surface area contributed by atoms with Crippen molar-refractivity contribution in [2.24, 2.45) is 0 Å². The molecule has 2 aromatic carbocycles. The first-order chi connectivity index (χ1) is 11.7. The first-order valence-electron chi connectivity index (χ1n) is 8.00. The van der Waals surface area contributed by atoms with Crippen molar-refractivity contribution >= 4 is 17.5 Å². The zero-order valence-corrected chi connectivity index (χ0v) is 13.4. The van der Waals surface area contributed by atoms with Crippen LogP contribution >= 0.6 is 0 Å². The van der Waals surface area contributed by atoms with E-state index in [4.69, 9.17) is 11.5 Å². The van der Waals surface area contributed by atoms with Crippen LogP contribution in [0.2, 0.25) is 0 Å². The number of para-hydroxylation sites is 1. The lowest BCUT2D eigenvalue weighted by Gasteiger charge is -2.12. The van der Waals surface area contributed by atoms with Gasteiger partial charge in [0.15, 0.2) is 0 Å². The third kappa shape index (κ3) is 3.81. The van der Waals surface area contributed by atoms with Gasteiger partial charge in [-0.1, -0.05) is 48.5 Å². The molecule has 1 aromatic heterocycles. The molecule has 0 saturated heterocycles. The summed E-state index contributed by atoms with van der Waals surface area (Å²) in [5.41, 5.74) is 15.8. The number of nitrogens with two attached hydrogens (primary N) is 2. The Morgan fingerprint density at radius 2 is 1.50 bits per heavy atom. The number of benzene rings is 2. The van der Waals surface area contributed by atoms with Gasteiger partial charge in [0.2, 0.25) is 5.95 Å². The maximum absolute atomic E-state index is 6.10. The summed E-state index contributed by atoms with van der Waals surface area (Å²) in [5.74, 6) is 0.665. The van der Waals surface area contributed by atoms with Crippen LogP contribution in [0, 0.1) is 0 Å². The van der Waals surface area contributed by atoms with Crippen LogP contribution in [0.1, 0.15) is 12.0 Å². The molecule has 0 atom stereocenters. The minimum Gasteiger partial charge on any atom is -0.385 e. The fraction of sp³-hybridized carbons (Fsp3) is 0.158. The second-order valence-electron chi connectivity index (χ2n) is 5.56. The van der Waals surface area contributed by atoms with Crippen LogP contribution in [-0.4, -0.2) is 16.5 Å². The van der Waals surface area contributed by atoms with E-state index in [0.717, 1.165) is 41.9 Å². The van der Waals surface area contributed by atoms with Crippen molar-refractivity contribution in [2.45, 2.75) is 12.8 Å². The van der Waals surface area contributed by atoms with Gasteiger partial charge in [-0.05, 0) is 25.0 Å². The van der Waals surface area contributed by atoms with Crippen molar-refractivity contribution in [1.29, 1.82) is 0 Å². The van der Waals surface area contributed by atoms with E-state index >= 15 is 0 Å². The highest BCUT2D eigenvalue weighted by molar-refractivity contribution is 5.69. The monoisotopic (exact) mass is 319 g/mol. The Bertz CT molecular complexity index is 788. The minimum absolute atomic E-state index is 0.206. The summed E-state index contributed by atoms with van der Waals surface area (Å²) in [4.78, 5) is 8.53. The summed E-state index contributed by atoms with van der Waals surface area (Å²) in [6, 6.07) is 20.1. The van der Waals surface area contributed by atoms with Gasteiger partial charge in [-0.15, -0.1) is 0 Å². The van der Waals surface area contributed by atoms with E-state index in [1.807, 2.05) is 48.5 Å². The third-order valence-corrected chi connectivity index (χ3v) is 3.81. The number of nitrogen functional groups attached to an aromatic ring is 2. The number of aromatic nitrogens is 2. The lowest BCUT2D eigenvalue weighted by Crippen LogP contribution is -2.09. The molecule has 5 heteroatoms. The standard InChI is InChI=1S/C19H21N5/c20-18-16(12-7-13-22-15-10-5-2-6-11-15)17(23-19(21)24-18)14-8-3-1-4-9-14/h1-6,8-11,22H,7,12-13H2,(H4,20,21,23,24). The smallest absolute Gasteiger partial charge is 0.222 e. The predicted octanol–water partition coefficient (Wildman–Crippen LogP) is 3.35. The van der Waals surface area contributed by atoms with E-state index in [0.29, 0.717) is 5.82 Å². The first kappa shape index (κ1) is 15.8. The van der Waals surface area contributed by atoms with Crippen molar-refractivity contribution < 1.29 is 0 Å². The Hall–Kier alpha value is -3.08. The molecule has 5 N–H and O–H groups in total. The SMILES string of the molecule is Nc1nc(N)c(CCCNc2ccccc2)c(-c2ccccc2)n1. The second-order valence-corrected chi connectivity index (χ2v) is 5.56. The van der Waals surface area contributed by atoms with Gasteiger partial charge in [-0.3, -0.25) is 0 Å². The number of anilines is 3. The molecule has 0 aliphatic rings. The Morgan fingerprint density at radius 3 is 2.21 bits per heavy atom. The zero-order chi connectivity index (χ0) is 16.8. The number of rotatable bonds is 6. The molecule has 0 aliphatic heterocycles. The van der Waals surface area contributed by atoms with Gasteiger partial charge < -0.3 is 16.8 Å². The predicted molar refractivity (Wildman–Crippen MR) is 99.5 cm³/mol. The summed E-state index contributed by atoms with van der Waals surface area (Å²) in [6.07, 6.45) is 1.71. The van der Waals surface area contributed by atoms with Crippen LogP contribution in [0.25, 0.3) is 11.3 Å². The molecule has 0 radical (unpaired) electrons. The molecule has 0 bridgehead atoms. The summed E-state index contributed by atoms with van der Waals surface area (Å²) >= 11 is 0. The van der Waals surface area contributed by atoms with E-state index < -0.39 is 0 Å². The Balaban J connectivity index is 1.73. The lowest BCUT2D eigenvalue weighted by atomic mass is 10.0. The van der Waals surface area contributed by atoms with Crippen molar-refractivity contribution in [3.05, 3.63) is 66.2 Å². The Labute approximate surface area is 141 Å². The normalized spacial score (nSPS) is 10.5. The molecule has 5 nitrogen and oxygen atoms in total. The molecule has 0 amide bonds. The molecule has 3 rings (SSSR count). The van der Waals surface area contributed by atoms with Crippen molar-refractivity contribution in [1.82, 2.24) is 9.97 Å². The van der Waals surface area contributed by atoms with Gasteiger partial charge in [0, 0.05) is 23.4 Å². The fourth-order valence-electron chi connectivity index (χ4n) is 2.65. The van der Waals surface area contributed by atoms with E-state index in [9.17, 15) is 0 Å². The number of hydrogen-bond acceptors (Lipinski definition) is 5. The quantitative estimate of drug-likeness (QED) is 0.606. The average molecular weight is 319 g/mol. The summed E-state index contributed by atoms with van der Waals surface area (Å²) < 4.78 is 0. The van der Waals surface area contributed by atoms with Gasteiger partial charge in [-0.25, -0.2) is 4.98 Å². The summed E-state index contributed by atoms with van der Waals surface area (Å²) in [7, 11) is 0. The van der Waals surface area contributed by atoms with Gasteiger partial charge in [-0.2, -0.15) is 4.98 Å².